The molecule has 0 aliphatic heterocycles. The van der Waals surface area contributed by atoms with Crippen LogP contribution in [0.2, 0.25) is 15.1 Å². The number of benzene rings is 2. The second kappa shape index (κ2) is 6.56. The van der Waals surface area contributed by atoms with Crippen molar-refractivity contribution in [3.63, 3.8) is 0 Å². The molecule has 0 spiro atoms. The Labute approximate surface area is 138 Å². The Kier molecular flexibility index (Phi) is 4.99. The quantitative estimate of drug-likeness (QED) is 0.792. The van der Waals surface area contributed by atoms with Crippen LogP contribution in [0.15, 0.2) is 36.4 Å². The second-order valence-corrected chi connectivity index (χ2v) is 5.84. The minimum Gasteiger partial charge on any atom is -0.399 e. The van der Waals surface area contributed by atoms with E-state index in [0.717, 1.165) is 5.56 Å². The van der Waals surface area contributed by atoms with Gasteiger partial charge in [-0.05, 0) is 36.8 Å². The summed E-state index contributed by atoms with van der Waals surface area (Å²) < 4.78 is 0. The van der Waals surface area contributed by atoms with Gasteiger partial charge in [0, 0.05) is 10.7 Å². The molecule has 0 aliphatic carbocycles. The van der Waals surface area contributed by atoms with Crippen LogP contribution in [0.3, 0.4) is 0 Å². The summed E-state index contributed by atoms with van der Waals surface area (Å²) in [4.78, 5) is 12.3. The molecule has 0 bridgehead atoms. The van der Waals surface area contributed by atoms with Crippen LogP contribution in [0.1, 0.15) is 28.9 Å². The van der Waals surface area contributed by atoms with Gasteiger partial charge in [-0.3, -0.25) is 4.79 Å². The molecule has 3 nitrogen and oxygen atoms in total. The molecule has 0 fully saturated rings. The van der Waals surface area contributed by atoms with E-state index < -0.39 is 0 Å². The standard InChI is InChI=1S/C15H13Cl3N2O/c1-8(9-3-2-4-10(16)5-9)20-15(21)12-6-11(19)7-13(17)14(12)18/h2-8H,19H2,1H3,(H,20,21). The summed E-state index contributed by atoms with van der Waals surface area (Å²) in [6.45, 7) is 1.85. The van der Waals surface area contributed by atoms with Gasteiger partial charge in [-0.25, -0.2) is 0 Å². The van der Waals surface area contributed by atoms with Crippen LogP contribution in [0.5, 0.6) is 0 Å². The number of halogens is 3. The molecule has 0 aromatic heterocycles. The number of carbonyl (C=O) groups excluding carboxylic acids is 1. The lowest BCUT2D eigenvalue weighted by Gasteiger charge is -2.16. The normalized spacial score (nSPS) is 12.0. The number of nitrogens with one attached hydrogen (secondary N) is 1. The zero-order chi connectivity index (χ0) is 15.6. The van der Waals surface area contributed by atoms with Gasteiger partial charge >= 0.3 is 0 Å². The van der Waals surface area contributed by atoms with Gasteiger partial charge in [0.15, 0.2) is 0 Å². The fraction of sp³-hybridized carbons (Fsp3) is 0.133. The summed E-state index contributed by atoms with van der Waals surface area (Å²) in [6, 6.07) is 10.0. The van der Waals surface area contributed by atoms with Crippen LogP contribution in [0.4, 0.5) is 5.69 Å². The smallest absolute Gasteiger partial charge is 0.253 e. The van der Waals surface area contributed by atoms with Crippen LogP contribution < -0.4 is 11.1 Å². The fourth-order valence-corrected chi connectivity index (χ4v) is 2.53. The van der Waals surface area contributed by atoms with Gasteiger partial charge in [-0.15, -0.1) is 0 Å². The number of hydrogen-bond acceptors (Lipinski definition) is 2. The van der Waals surface area contributed by atoms with Gasteiger partial charge in [0.05, 0.1) is 21.7 Å². The van der Waals surface area contributed by atoms with Crippen LogP contribution in [0, 0.1) is 0 Å². The number of anilines is 1. The van der Waals surface area contributed by atoms with Crippen molar-refractivity contribution in [2.24, 2.45) is 0 Å². The molecule has 110 valence electrons. The van der Waals surface area contributed by atoms with Crippen molar-refractivity contribution in [2.75, 3.05) is 5.73 Å². The monoisotopic (exact) mass is 342 g/mol. The van der Waals surface area contributed by atoms with E-state index in [-0.39, 0.29) is 27.6 Å². The van der Waals surface area contributed by atoms with E-state index in [1.165, 1.54) is 12.1 Å². The number of amides is 1. The summed E-state index contributed by atoms with van der Waals surface area (Å²) in [5.41, 5.74) is 7.20. The zero-order valence-corrected chi connectivity index (χ0v) is 13.4. The molecule has 2 aromatic rings. The number of carbonyl (C=O) groups is 1. The van der Waals surface area contributed by atoms with E-state index in [4.69, 9.17) is 40.5 Å². The zero-order valence-electron chi connectivity index (χ0n) is 11.2. The Balaban J connectivity index is 2.22. The molecule has 2 aromatic carbocycles. The number of nitrogens with two attached hydrogens (primary N) is 1. The third-order valence-electron chi connectivity index (χ3n) is 2.99. The van der Waals surface area contributed by atoms with Crippen molar-refractivity contribution in [1.29, 1.82) is 0 Å². The maximum atomic E-state index is 12.3. The molecular formula is C15H13Cl3N2O. The highest BCUT2D eigenvalue weighted by Crippen LogP contribution is 2.29. The lowest BCUT2D eigenvalue weighted by molar-refractivity contribution is 0.0940. The Hall–Kier alpha value is -1.42. The highest BCUT2D eigenvalue weighted by Gasteiger charge is 2.17. The van der Waals surface area contributed by atoms with Gasteiger partial charge in [0.25, 0.3) is 5.91 Å². The predicted molar refractivity (Wildman–Crippen MR) is 88.2 cm³/mol. The summed E-state index contributed by atoms with van der Waals surface area (Å²) in [5.74, 6) is -0.346. The maximum absolute atomic E-state index is 12.3. The van der Waals surface area contributed by atoms with Crippen LogP contribution >= 0.6 is 34.8 Å². The van der Waals surface area contributed by atoms with Crippen molar-refractivity contribution < 1.29 is 4.79 Å². The number of rotatable bonds is 3. The van der Waals surface area contributed by atoms with Gasteiger partial charge in [-0.1, -0.05) is 46.9 Å². The van der Waals surface area contributed by atoms with Crippen LogP contribution in [-0.4, -0.2) is 5.91 Å². The minimum atomic E-state index is -0.346. The molecular weight excluding hydrogens is 331 g/mol. The van der Waals surface area contributed by atoms with E-state index in [0.29, 0.717) is 10.7 Å². The number of hydrogen-bond donors (Lipinski definition) is 2. The third kappa shape index (κ3) is 3.82. The first kappa shape index (κ1) is 16.0. The number of nitrogen functional groups attached to an aromatic ring is 1. The molecule has 1 atom stereocenters. The first-order valence-corrected chi connectivity index (χ1v) is 7.32. The SMILES string of the molecule is CC(NC(=O)c1cc(N)cc(Cl)c1Cl)c1cccc(Cl)c1. The first-order chi connectivity index (χ1) is 9.88. The lowest BCUT2D eigenvalue weighted by Crippen LogP contribution is -2.27. The second-order valence-electron chi connectivity index (χ2n) is 4.61. The van der Waals surface area contributed by atoms with Gasteiger partial charge in [0.2, 0.25) is 0 Å². The molecule has 0 heterocycles. The Morgan fingerprint density at radius 3 is 2.57 bits per heavy atom. The third-order valence-corrected chi connectivity index (χ3v) is 4.03. The molecule has 0 radical (unpaired) electrons. The summed E-state index contributed by atoms with van der Waals surface area (Å²) >= 11 is 17.9. The Morgan fingerprint density at radius 1 is 1.19 bits per heavy atom. The highest BCUT2D eigenvalue weighted by atomic mass is 35.5. The average molecular weight is 344 g/mol. The Bertz CT molecular complexity index is 689. The maximum Gasteiger partial charge on any atom is 0.253 e. The van der Waals surface area contributed by atoms with Crippen molar-refractivity contribution in [2.45, 2.75) is 13.0 Å². The summed E-state index contributed by atoms with van der Waals surface area (Å²) in [7, 11) is 0. The van der Waals surface area contributed by atoms with E-state index in [1.54, 1.807) is 12.1 Å². The predicted octanol–water partition coefficient (Wildman–Crippen LogP) is 4.72. The molecule has 0 saturated carbocycles. The fourth-order valence-electron chi connectivity index (χ4n) is 1.91. The van der Waals surface area contributed by atoms with E-state index in [1.807, 2.05) is 19.1 Å². The first-order valence-electron chi connectivity index (χ1n) is 6.19. The molecule has 0 saturated heterocycles. The topological polar surface area (TPSA) is 55.1 Å². The van der Waals surface area contributed by atoms with Crippen molar-refractivity contribution >= 4 is 46.4 Å². The highest BCUT2D eigenvalue weighted by molar-refractivity contribution is 6.44. The molecule has 2 rings (SSSR count). The minimum absolute atomic E-state index is 0.182. The van der Waals surface area contributed by atoms with Crippen molar-refractivity contribution in [1.82, 2.24) is 5.32 Å². The van der Waals surface area contributed by atoms with E-state index in [2.05, 4.69) is 5.32 Å². The van der Waals surface area contributed by atoms with E-state index >= 15 is 0 Å². The molecule has 21 heavy (non-hydrogen) atoms. The summed E-state index contributed by atoms with van der Waals surface area (Å²) in [6.07, 6.45) is 0. The molecule has 1 unspecified atom stereocenters. The van der Waals surface area contributed by atoms with Crippen LogP contribution in [0.25, 0.3) is 0 Å². The largest absolute Gasteiger partial charge is 0.399 e. The van der Waals surface area contributed by atoms with E-state index in [9.17, 15) is 4.79 Å². The lowest BCUT2D eigenvalue weighted by atomic mass is 10.1. The molecule has 6 heteroatoms. The average Bonchev–Trinajstić information content (AvgIpc) is 2.42. The van der Waals surface area contributed by atoms with Gasteiger partial charge in [0.1, 0.15) is 0 Å². The van der Waals surface area contributed by atoms with Crippen LogP contribution in [-0.2, 0) is 0 Å². The summed E-state index contributed by atoms with van der Waals surface area (Å²) in [5, 5.41) is 3.88. The van der Waals surface area contributed by atoms with Gasteiger partial charge < -0.3 is 11.1 Å². The Morgan fingerprint density at radius 2 is 1.90 bits per heavy atom. The van der Waals surface area contributed by atoms with Crippen molar-refractivity contribution in [3.05, 3.63) is 62.6 Å². The van der Waals surface area contributed by atoms with Crippen molar-refractivity contribution in [3.8, 4) is 0 Å². The molecule has 1 amide bonds. The molecule has 0 aliphatic rings. The van der Waals surface area contributed by atoms with Gasteiger partial charge in [-0.2, -0.15) is 0 Å². The molecule has 3 N–H and O–H groups in total.